The predicted octanol–water partition coefficient (Wildman–Crippen LogP) is 3.51. The van der Waals surface area contributed by atoms with Crippen molar-refractivity contribution in [1.82, 2.24) is 0 Å². The van der Waals surface area contributed by atoms with Crippen LogP contribution in [0, 0.1) is 0 Å². The van der Waals surface area contributed by atoms with Crippen LogP contribution in [0.4, 0.5) is 10.5 Å². The normalized spacial score (nSPS) is 10.4. The second-order valence-electron chi connectivity index (χ2n) is 6.26. The molecule has 0 fully saturated rings. The Hall–Kier alpha value is -4.14. The highest BCUT2D eigenvalue weighted by atomic mass is 16.5. The predicted molar refractivity (Wildman–Crippen MR) is 110 cm³/mol. The number of amides is 1. The zero-order chi connectivity index (χ0) is 22.4. The smallest absolute Gasteiger partial charge is 0.411 e. The molecular weight excluding hydrogens is 406 g/mol. The molecule has 9 nitrogen and oxygen atoms in total. The number of anilines is 1. The maximum Gasteiger partial charge on any atom is 0.411 e. The number of carbonyl (C=O) groups is 3. The van der Waals surface area contributed by atoms with Crippen LogP contribution in [0.25, 0.3) is 11.0 Å². The molecule has 1 N–H and O–H groups in total. The van der Waals surface area contributed by atoms with Crippen molar-refractivity contribution >= 4 is 34.7 Å². The number of rotatable bonds is 6. The van der Waals surface area contributed by atoms with E-state index in [2.05, 4.69) is 10.1 Å². The van der Waals surface area contributed by atoms with E-state index in [1.807, 2.05) is 0 Å². The Morgan fingerprint density at radius 2 is 1.68 bits per heavy atom. The summed E-state index contributed by atoms with van der Waals surface area (Å²) in [6.45, 7) is 1.65. The summed E-state index contributed by atoms with van der Waals surface area (Å²) >= 11 is 0. The van der Waals surface area contributed by atoms with Gasteiger partial charge in [0.2, 0.25) is 0 Å². The summed E-state index contributed by atoms with van der Waals surface area (Å²) in [4.78, 5) is 47.9. The van der Waals surface area contributed by atoms with E-state index < -0.39 is 23.7 Å². The Morgan fingerprint density at radius 3 is 2.35 bits per heavy atom. The van der Waals surface area contributed by atoms with Gasteiger partial charge in [-0.2, -0.15) is 0 Å². The van der Waals surface area contributed by atoms with E-state index in [4.69, 9.17) is 13.9 Å². The lowest BCUT2D eigenvalue weighted by Crippen LogP contribution is -2.14. The van der Waals surface area contributed by atoms with Crippen molar-refractivity contribution in [2.45, 2.75) is 13.5 Å². The number of nitrogens with one attached hydrogen (secondary N) is 1. The summed E-state index contributed by atoms with van der Waals surface area (Å²) < 4.78 is 20.0. The van der Waals surface area contributed by atoms with Crippen LogP contribution >= 0.6 is 0 Å². The zero-order valence-electron chi connectivity index (χ0n) is 16.8. The molecule has 3 rings (SSSR count). The van der Waals surface area contributed by atoms with Crippen molar-refractivity contribution in [2.24, 2.45) is 0 Å². The van der Waals surface area contributed by atoms with Crippen molar-refractivity contribution < 1.29 is 33.0 Å². The topological polar surface area (TPSA) is 121 Å². The summed E-state index contributed by atoms with van der Waals surface area (Å²) in [6, 6.07) is 12.0. The fourth-order valence-corrected chi connectivity index (χ4v) is 2.88. The lowest BCUT2D eigenvalue weighted by Gasteiger charge is -2.10. The van der Waals surface area contributed by atoms with Crippen LogP contribution in [0.5, 0.6) is 0 Å². The quantitative estimate of drug-likeness (QED) is 0.362. The maximum absolute atomic E-state index is 12.5. The van der Waals surface area contributed by atoms with E-state index in [1.165, 1.54) is 31.4 Å². The maximum atomic E-state index is 12.5. The van der Waals surface area contributed by atoms with E-state index >= 15 is 0 Å². The minimum atomic E-state index is -0.747. The van der Waals surface area contributed by atoms with Crippen LogP contribution in [-0.2, 0) is 20.8 Å². The Bertz CT molecular complexity index is 1200. The second-order valence-corrected chi connectivity index (χ2v) is 6.26. The van der Waals surface area contributed by atoms with Crippen LogP contribution < -0.4 is 10.9 Å². The molecular formula is C22H19NO8. The minimum Gasteiger partial charge on any atom is -0.465 e. The van der Waals surface area contributed by atoms with Gasteiger partial charge in [-0.05, 0) is 31.2 Å². The molecule has 0 atom stereocenters. The van der Waals surface area contributed by atoms with Crippen LogP contribution in [0.1, 0.15) is 33.2 Å². The van der Waals surface area contributed by atoms with Gasteiger partial charge in [-0.3, -0.25) is 5.32 Å². The summed E-state index contributed by atoms with van der Waals surface area (Å²) in [5.41, 5.74) is 0.433. The molecule has 0 saturated heterocycles. The molecule has 1 aromatic heterocycles. The first-order valence-electron chi connectivity index (χ1n) is 9.28. The van der Waals surface area contributed by atoms with Crippen molar-refractivity contribution in [3.05, 3.63) is 75.6 Å². The highest BCUT2D eigenvalue weighted by Crippen LogP contribution is 2.23. The number of ether oxygens (including phenoxy) is 3. The van der Waals surface area contributed by atoms with Gasteiger partial charge < -0.3 is 18.6 Å². The van der Waals surface area contributed by atoms with Crippen LogP contribution in [0.3, 0.4) is 0 Å². The fourth-order valence-electron chi connectivity index (χ4n) is 2.88. The largest absolute Gasteiger partial charge is 0.465 e. The van der Waals surface area contributed by atoms with E-state index in [0.717, 1.165) is 0 Å². The van der Waals surface area contributed by atoms with Gasteiger partial charge in [-0.15, -0.1) is 0 Å². The van der Waals surface area contributed by atoms with E-state index in [1.54, 1.807) is 31.2 Å². The van der Waals surface area contributed by atoms with Crippen LogP contribution in [0.15, 0.2) is 57.7 Å². The molecule has 0 unspecified atom stereocenters. The Balaban J connectivity index is 1.84. The standard InChI is InChI=1S/C22H19NO8/c1-3-29-22(27)23-14-8-9-15-13(10-19(24)31-18(15)11-14)12-30-21(26)17-7-5-4-6-16(17)20(25)28-2/h4-11H,3,12H2,1-2H3,(H,23,27). The highest BCUT2D eigenvalue weighted by Gasteiger charge is 2.19. The first-order valence-corrected chi connectivity index (χ1v) is 9.28. The third-order valence-corrected chi connectivity index (χ3v) is 4.26. The Morgan fingerprint density at radius 1 is 0.968 bits per heavy atom. The molecule has 1 amide bonds. The number of carbonyl (C=O) groups excluding carboxylic acids is 3. The Labute approximate surface area is 176 Å². The van der Waals surface area contributed by atoms with Gasteiger partial charge in [-0.1, -0.05) is 12.1 Å². The third-order valence-electron chi connectivity index (χ3n) is 4.26. The molecule has 0 radical (unpaired) electrons. The van der Waals surface area contributed by atoms with Gasteiger partial charge in [0, 0.05) is 28.8 Å². The third kappa shape index (κ3) is 5.08. The van der Waals surface area contributed by atoms with E-state index in [-0.39, 0.29) is 29.9 Å². The molecule has 0 saturated carbocycles. The number of hydrogen-bond donors (Lipinski definition) is 1. The lowest BCUT2D eigenvalue weighted by atomic mass is 10.1. The molecule has 0 aliphatic heterocycles. The molecule has 1 heterocycles. The van der Waals surface area contributed by atoms with Crippen molar-refractivity contribution in [3.63, 3.8) is 0 Å². The van der Waals surface area contributed by atoms with Crippen LogP contribution in [0.2, 0.25) is 0 Å². The van der Waals surface area contributed by atoms with Crippen molar-refractivity contribution in [3.8, 4) is 0 Å². The van der Waals surface area contributed by atoms with Gasteiger partial charge >= 0.3 is 23.7 Å². The monoisotopic (exact) mass is 425 g/mol. The summed E-state index contributed by atoms with van der Waals surface area (Å²) in [5, 5.41) is 3.03. The fraction of sp³-hybridized carbons (Fsp3) is 0.182. The zero-order valence-corrected chi connectivity index (χ0v) is 16.8. The molecule has 2 aromatic carbocycles. The molecule has 0 aliphatic carbocycles. The number of methoxy groups -OCH3 is 1. The minimum absolute atomic E-state index is 0.0440. The first-order chi connectivity index (χ1) is 14.9. The van der Waals surface area contributed by atoms with E-state index in [9.17, 15) is 19.2 Å². The second kappa shape index (κ2) is 9.57. The molecule has 0 spiro atoms. The summed E-state index contributed by atoms with van der Waals surface area (Å²) in [7, 11) is 1.21. The number of esters is 2. The molecule has 0 bridgehead atoms. The average molecular weight is 425 g/mol. The van der Waals surface area contributed by atoms with Crippen LogP contribution in [-0.4, -0.2) is 31.7 Å². The molecule has 0 aliphatic rings. The van der Waals surface area contributed by atoms with Gasteiger partial charge in [0.25, 0.3) is 0 Å². The molecule has 31 heavy (non-hydrogen) atoms. The SMILES string of the molecule is CCOC(=O)Nc1ccc2c(COC(=O)c3ccccc3C(=O)OC)cc(=O)oc2c1. The highest BCUT2D eigenvalue weighted by molar-refractivity contribution is 6.03. The molecule has 3 aromatic rings. The summed E-state index contributed by atoms with van der Waals surface area (Å²) in [6.07, 6.45) is -0.640. The molecule has 160 valence electrons. The molecule has 9 heteroatoms. The van der Waals surface area contributed by atoms with Gasteiger partial charge in [0.1, 0.15) is 12.2 Å². The van der Waals surface area contributed by atoms with Gasteiger partial charge in [0.15, 0.2) is 0 Å². The average Bonchev–Trinajstić information content (AvgIpc) is 2.76. The Kier molecular flexibility index (Phi) is 6.66. The van der Waals surface area contributed by atoms with Gasteiger partial charge in [-0.25, -0.2) is 19.2 Å². The van der Waals surface area contributed by atoms with Crippen molar-refractivity contribution in [2.75, 3.05) is 19.0 Å². The summed E-state index contributed by atoms with van der Waals surface area (Å²) in [5.74, 6) is -1.41. The first kappa shape index (κ1) is 21.6. The van der Waals surface area contributed by atoms with Gasteiger partial charge in [0.05, 0.1) is 24.8 Å². The lowest BCUT2D eigenvalue weighted by molar-refractivity contribution is 0.0458. The van der Waals surface area contributed by atoms with E-state index in [0.29, 0.717) is 16.6 Å². The number of fused-ring (bicyclic) bond motifs is 1. The van der Waals surface area contributed by atoms with Crippen molar-refractivity contribution in [1.29, 1.82) is 0 Å². The number of benzene rings is 2. The number of hydrogen-bond acceptors (Lipinski definition) is 8.